The van der Waals surface area contributed by atoms with Crippen molar-refractivity contribution in [3.63, 3.8) is 0 Å². The number of rotatable bonds is 6. The van der Waals surface area contributed by atoms with Crippen LogP contribution < -0.4 is 4.90 Å². The summed E-state index contributed by atoms with van der Waals surface area (Å²) in [4.78, 5) is 12.7. The van der Waals surface area contributed by atoms with Crippen LogP contribution in [0.2, 0.25) is 0 Å². The monoisotopic (exact) mass is 447 g/mol. The van der Waals surface area contributed by atoms with E-state index in [0.717, 1.165) is 24.3 Å². The van der Waals surface area contributed by atoms with Crippen molar-refractivity contribution in [1.29, 1.82) is 0 Å². The number of alkyl halides is 5. The zero-order valence-electron chi connectivity index (χ0n) is 16.1. The molecule has 1 fully saturated rings. The van der Waals surface area contributed by atoms with E-state index < -0.39 is 41.7 Å². The highest BCUT2D eigenvalue weighted by Gasteiger charge is 2.33. The third-order valence-corrected chi connectivity index (χ3v) is 5.34. The number of aromatic carboxylic acids is 1. The van der Waals surface area contributed by atoms with Gasteiger partial charge in [0.1, 0.15) is 5.82 Å². The van der Waals surface area contributed by atoms with Crippen LogP contribution in [0.4, 0.5) is 32.0 Å². The van der Waals surface area contributed by atoms with E-state index in [0.29, 0.717) is 18.4 Å². The lowest BCUT2D eigenvalue weighted by molar-refractivity contribution is -0.137. The lowest BCUT2D eigenvalue weighted by Crippen LogP contribution is -2.45. The number of hydrogen-bond acceptors (Lipinski definition) is 3. The van der Waals surface area contributed by atoms with Crippen LogP contribution in [-0.2, 0) is 10.9 Å². The Balaban J connectivity index is 1.86. The highest BCUT2D eigenvalue weighted by molar-refractivity contribution is 5.88. The van der Waals surface area contributed by atoms with Gasteiger partial charge in [-0.2, -0.15) is 22.0 Å². The maximum Gasteiger partial charge on any atom is 0.416 e. The van der Waals surface area contributed by atoms with Crippen LogP contribution in [0, 0.1) is 5.82 Å². The molecular formula is C21H19F6NO3. The molecule has 0 bridgehead atoms. The van der Waals surface area contributed by atoms with E-state index in [1.807, 2.05) is 0 Å². The Kier molecular flexibility index (Phi) is 6.78. The number of halogens is 6. The predicted molar refractivity (Wildman–Crippen MR) is 99.9 cm³/mol. The van der Waals surface area contributed by atoms with Crippen LogP contribution in [0.15, 0.2) is 42.5 Å². The van der Waals surface area contributed by atoms with Gasteiger partial charge in [0.25, 0.3) is 0 Å². The van der Waals surface area contributed by atoms with Crippen molar-refractivity contribution in [3.05, 3.63) is 65.0 Å². The number of ether oxygens (including phenoxy) is 1. The molecule has 31 heavy (non-hydrogen) atoms. The molecule has 2 atom stereocenters. The standard InChI is InChI=1S/C21H19F6NO3/c22-18-9-15(7-8-17(18)19(29)30)28-10-13(3-6-16(28)11-31-20(23)24)12-1-4-14(5-2-12)21(25,26)27/h1-2,4-5,7-9,13,16,20H,3,6,10-11H2,(H,29,30)/t13?,16-/m0/s1. The molecule has 0 saturated carbocycles. The molecule has 1 unspecified atom stereocenters. The second-order valence-electron chi connectivity index (χ2n) is 7.26. The van der Waals surface area contributed by atoms with E-state index in [9.17, 15) is 31.1 Å². The Bertz CT molecular complexity index is 916. The molecule has 0 radical (unpaired) electrons. The summed E-state index contributed by atoms with van der Waals surface area (Å²) in [7, 11) is 0. The maximum atomic E-state index is 14.2. The second-order valence-corrected chi connectivity index (χ2v) is 7.26. The molecule has 1 aliphatic heterocycles. The number of carboxylic acids is 1. The lowest BCUT2D eigenvalue weighted by Gasteiger charge is -2.41. The summed E-state index contributed by atoms with van der Waals surface area (Å²) in [6, 6.07) is 7.63. The van der Waals surface area contributed by atoms with Gasteiger partial charge >= 0.3 is 18.8 Å². The van der Waals surface area contributed by atoms with Crippen LogP contribution in [0.3, 0.4) is 0 Å². The summed E-state index contributed by atoms with van der Waals surface area (Å²) in [5.74, 6) is -2.65. The zero-order valence-corrected chi connectivity index (χ0v) is 16.1. The van der Waals surface area contributed by atoms with E-state index in [2.05, 4.69) is 4.74 Å². The predicted octanol–water partition coefficient (Wildman–Crippen LogP) is 5.53. The molecule has 1 N–H and O–H groups in total. The Hall–Kier alpha value is -2.75. The van der Waals surface area contributed by atoms with Crippen molar-refractivity contribution in [1.82, 2.24) is 0 Å². The van der Waals surface area contributed by atoms with Gasteiger partial charge in [-0.15, -0.1) is 0 Å². The molecule has 1 heterocycles. The van der Waals surface area contributed by atoms with Crippen molar-refractivity contribution < 1.29 is 41.0 Å². The third kappa shape index (κ3) is 5.49. The molecule has 2 aromatic rings. The molecule has 1 saturated heterocycles. The Morgan fingerprint density at radius 2 is 1.81 bits per heavy atom. The van der Waals surface area contributed by atoms with Crippen LogP contribution in [0.1, 0.15) is 40.2 Å². The Labute approximate surface area is 174 Å². The normalized spacial score (nSPS) is 19.6. The highest BCUT2D eigenvalue weighted by atomic mass is 19.4. The molecule has 3 rings (SSSR count). The fourth-order valence-corrected chi connectivity index (χ4v) is 3.77. The summed E-state index contributed by atoms with van der Waals surface area (Å²) in [6.07, 6.45) is -3.58. The van der Waals surface area contributed by atoms with Crippen LogP contribution in [0.5, 0.6) is 0 Å². The van der Waals surface area contributed by atoms with Gasteiger partial charge in [0.15, 0.2) is 0 Å². The van der Waals surface area contributed by atoms with Crippen LogP contribution >= 0.6 is 0 Å². The van der Waals surface area contributed by atoms with Crippen molar-refractivity contribution in [3.8, 4) is 0 Å². The van der Waals surface area contributed by atoms with Gasteiger partial charge in [0.05, 0.1) is 23.8 Å². The minimum atomic E-state index is -4.46. The van der Waals surface area contributed by atoms with E-state index in [-0.39, 0.29) is 24.8 Å². The first-order valence-electron chi connectivity index (χ1n) is 9.42. The second kappa shape index (κ2) is 9.17. The number of nitrogens with zero attached hydrogens (tertiary/aromatic N) is 1. The smallest absolute Gasteiger partial charge is 0.416 e. The maximum absolute atomic E-state index is 14.2. The first-order valence-corrected chi connectivity index (χ1v) is 9.42. The molecule has 168 valence electrons. The summed E-state index contributed by atoms with van der Waals surface area (Å²) >= 11 is 0. The minimum absolute atomic E-state index is 0.217. The van der Waals surface area contributed by atoms with E-state index in [1.54, 1.807) is 4.90 Å². The van der Waals surface area contributed by atoms with Crippen molar-refractivity contribution in [2.45, 2.75) is 37.6 Å². The van der Waals surface area contributed by atoms with Gasteiger partial charge in [-0.1, -0.05) is 12.1 Å². The molecule has 1 aliphatic rings. The molecule has 10 heteroatoms. The molecule has 0 amide bonds. The van der Waals surface area contributed by atoms with Gasteiger partial charge in [-0.3, -0.25) is 0 Å². The fourth-order valence-electron chi connectivity index (χ4n) is 3.77. The number of carbonyl (C=O) groups is 1. The summed E-state index contributed by atoms with van der Waals surface area (Å²) < 4.78 is 82.2. The van der Waals surface area contributed by atoms with Gasteiger partial charge in [0.2, 0.25) is 0 Å². The van der Waals surface area contributed by atoms with Crippen molar-refractivity contribution in [2.75, 3.05) is 18.1 Å². The largest absolute Gasteiger partial charge is 0.478 e. The number of anilines is 1. The Morgan fingerprint density at radius 1 is 1.13 bits per heavy atom. The third-order valence-electron chi connectivity index (χ3n) is 5.34. The first-order chi connectivity index (χ1) is 14.6. The lowest BCUT2D eigenvalue weighted by atomic mass is 9.86. The van der Waals surface area contributed by atoms with Gasteiger partial charge in [0, 0.05) is 18.2 Å². The van der Waals surface area contributed by atoms with E-state index in [4.69, 9.17) is 5.11 Å². The minimum Gasteiger partial charge on any atom is -0.478 e. The van der Waals surface area contributed by atoms with Crippen molar-refractivity contribution in [2.24, 2.45) is 0 Å². The highest BCUT2D eigenvalue weighted by Crippen LogP contribution is 2.36. The topological polar surface area (TPSA) is 49.8 Å². The Morgan fingerprint density at radius 3 is 2.35 bits per heavy atom. The number of piperidine rings is 1. The summed E-state index contributed by atoms with van der Waals surface area (Å²) in [6.45, 7) is -3.10. The van der Waals surface area contributed by atoms with Gasteiger partial charge < -0.3 is 14.7 Å². The van der Waals surface area contributed by atoms with Crippen LogP contribution in [0.25, 0.3) is 0 Å². The zero-order chi connectivity index (χ0) is 22.8. The molecule has 4 nitrogen and oxygen atoms in total. The number of carboxylic acid groups (broad SMARTS) is 1. The average molecular weight is 447 g/mol. The van der Waals surface area contributed by atoms with Crippen LogP contribution in [-0.4, -0.2) is 36.9 Å². The van der Waals surface area contributed by atoms with E-state index >= 15 is 0 Å². The SMILES string of the molecule is O=C(O)c1ccc(N2CC(c3ccc(C(F)(F)F)cc3)CC[C@H]2COC(F)F)cc1F. The summed E-state index contributed by atoms with van der Waals surface area (Å²) in [5.41, 5.74) is -0.394. The average Bonchev–Trinajstić information content (AvgIpc) is 2.71. The summed E-state index contributed by atoms with van der Waals surface area (Å²) in [5, 5.41) is 9.00. The quantitative estimate of drug-likeness (QED) is 0.592. The van der Waals surface area contributed by atoms with Gasteiger partial charge in [-0.05, 0) is 48.7 Å². The molecule has 0 aliphatic carbocycles. The first kappa shape index (κ1) is 22.9. The molecule has 2 aromatic carbocycles. The van der Waals surface area contributed by atoms with Crippen molar-refractivity contribution >= 4 is 11.7 Å². The van der Waals surface area contributed by atoms with E-state index in [1.165, 1.54) is 18.2 Å². The van der Waals surface area contributed by atoms with Gasteiger partial charge in [-0.25, -0.2) is 9.18 Å². The number of benzene rings is 2. The molecule has 0 aromatic heterocycles. The molecule has 0 spiro atoms. The fraction of sp³-hybridized carbons (Fsp3) is 0.381. The number of hydrogen-bond donors (Lipinski definition) is 1. The molecular weight excluding hydrogens is 428 g/mol.